The van der Waals surface area contributed by atoms with Crippen LogP contribution in [0.3, 0.4) is 0 Å². The molecule has 0 aliphatic rings. The Morgan fingerprint density at radius 1 is 0.950 bits per heavy atom. The second-order valence-corrected chi connectivity index (χ2v) is 4.42. The van der Waals surface area contributed by atoms with E-state index in [1.165, 1.54) is 6.92 Å². The molecule has 0 fully saturated rings. The van der Waals surface area contributed by atoms with Crippen LogP contribution in [-0.4, -0.2) is 18.1 Å². The number of carbonyl (C=O) groups excluding carboxylic acids is 2. The number of ketones is 2. The fraction of sp³-hybridized carbons (Fsp3) is 0.176. The van der Waals surface area contributed by atoms with Crippen LogP contribution >= 0.6 is 0 Å². The maximum atomic E-state index is 12.1. The first-order chi connectivity index (χ1) is 9.56. The van der Waals surface area contributed by atoms with Gasteiger partial charge in [-0.05, 0) is 19.4 Å². The molecule has 0 saturated heterocycles. The first-order valence-corrected chi connectivity index (χ1v) is 6.41. The largest absolute Gasteiger partial charge is 0.324 e. The van der Waals surface area contributed by atoms with E-state index in [2.05, 4.69) is 0 Å². The second-order valence-electron chi connectivity index (χ2n) is 4.42. The summed E-state index contributed by atoms with van der Waals surface area (Å²) in [5.41, 5.74) is 7.37. The highest BCUT2D eigenvalue weighted by Gasteiger charge is 2.09. The molecule has 0 heterocycles. The molecule has 0 amide bonds. The summed E-state index contributed by atoms with van der Waals surface area (Å²) in [4.78, 5) is 21.8. The van der Waals surface area contributed by atoms with Crippen molar-refractivity contribution in [2.45, 2.75) is 13.8 Å². The van der Waals surface area contributed by atoms with Crippen molar-refractivity contribution >= 4 is 11.6 Å². The molecule has 0 atom stereocenters. The zero-order chi connectivity index (χ0) is 15.0. The average molecular weight is 269 g/mol. The Bertz CT molecular complexity index is 577. The highest BCUT2D eigenvalue weighted by atomic mass is 16.1. The molecular weight excluding hydrogens is 250 g/mol. The molecule has 2 N–H and O–H groups in total. The minimum Gasteiger partial charge on any atom is -0.324 e. The van der Waals surface area contributed by atoms with Gasteiger partial charge in [0.05, 0.1) is 6.54 Å². The van der Waals surface area contributed by atoms with Crippen molar-refractivity contribution in [1.29, 1.82) is 0 Å². The van der Waals surface area contributed by atoms with Crippen LogP contribution in [0.25, 0.3) is 0 Å². The molecule has 3 nitrogen and oxygen atoms in total. The molecule has 2 aromatic carbocycles. The number of hydrogen-bond acceptors (Lipinski definition) is 3. The van der Waals surface area contributed by atoms with E-state index in [0.717, 1.165) is 16.7 Å². The van der Waals surface area contributed by atoms with E-state index in [0.29, 0.717) is 0 Å². The van der Waals surface area contributed by atoms with Gasteiger partial charge in [0.25, 0.3) is 0 Å². The van der Waals surface area contributed by atoms with Crippen molar-refractivity contribution < 1.29 is 9.59 Å². The molecular formula is C17H19NO2. The Labute approximate surface area is 119 Å². The van der Waals surface area contributed by atoms with Gasteiger partial charge in [-0.2, -0.15) is 0 Å². The predicted octanol–water partition coefficient (Wildman–Crippen LogP) is 2.76. The third-order valence-electron chi connectivity index (χ3n) is 2.71. The highest BCUT2D eigenvalue weighted by Crippen LogP contribution is 2.13. The summed E-state index contributed by atoms with van der Waals surface area (Å²) in [7, 11) is 0. The number of rotatable bonds is 3. The average Bonchev–Trinajstić information content (AvgIpc) is 2.48. The molecule has 0 aliphatic carbocycles. The van der Waals surface area contributed by atoms with Crippen molar-refractivity contribution in [1.82, 2.24) is 0 Å². The van der Waals surface area contributed by atoms with Gasteiger partial charge in [-0.1, -0.05) is 54.6 Å². The van der Waals surface area contributed by atoms with Crippen molar-refractivity contribution in [2.24, 2.45) is 5.73 Å². The van der Waals surface area contributed by atoms with Crippen LogP contribution in [0, 0.1) is 6.92 Å². The molecule has 0 bridgehead atoms. The van der Waals surface area contributed by atoms with Gasteiger partial charge in [0.2, 0.25) is 0 Å². The molecule has 0 aliphatic heterocycles. The van der Waals surface area contributed by atoms with E-state index in [9.17, 15) is 9.59 Å². The van der Waals surface area contributed by atoms with E-state index in [-0.39, 0.29) is 18.1 Å². The zero-order valence-corrected chi connectivity index (χ0v) is 11.8. The van der Waals surface area contributed by atoms with Crippen LogP contribution in [-0.2, 0) is 4.79 Å². The fourth-order valence-electron chi connectivity index (χ4n) is 1.57. The minimum absolute atomic E-state index is 0.0324. The van der Waals surface area contributed by atoms with Gasteiger partial charge in [-0.3, -0.25) is 9.59 Å². The third kappa shape index (κ3) is 4.78. The van der Waals surface area contributed by atoms with E-state index < -0.39 is 0 Å². The van der Waals surface area contributed by atoms with Crippen LogP contribution in [0.15, 0.2) is 54.6 Å². The molecule has 2 aromatic rings. The quantitative estimate of drug-likeness (QED) is 0.872. The van der Waals surface area contributed by atoms with E-state index >= 15 is 0 Å². The molecule has 2 rings (SSSR count). The molecule has 0 radical (unpaired) electrons. The Morgan fingerprint density at radius 2 is 1.45 bits per heavy atom. The normalized spacial score (nSPS) is 9.35. The van der Waals surface area contributed by atoms with Gasteiger partial charge >= 0.3 is 0 Å². The number of benzene rings is 2. The summed E-state index contributed by atoms with van der Waals surface area (Å²) >= 11 is 0. The van der Waals surface area contributed by atoms with Crippen LogP contribution in [0.4, 0.5) is 0 Å². The lowest BCUT2D eigenvalue weighted by Crippen LogP contribution is -2.07. The minimum atomic E-state index is 0.0324. The van der Waals surface area contributed by atoms with Crippen LogP contribution in [0.5, 0.6) is 0 Å². The number of nitrogens with two attached hydrogens (primary N) is 1. The Hall–Kier alpha value is -2.26. The topological polar surface area (TPSA) is 60.2 Å². The molecule has 104 valence electrons. The van der Waals surface area contributed by atoms with Crippen LogP contribution < -0.4 is 5.73 Å². The maximum absolute atomic E-state index is 12.1. The Morgan fingerprint density at radius 3 is 1.95 bits per heavy atom. The molecule has 0 aromatic heterocycles. The summed E-state index contributed by atoms with van der Waals surface area (Å²) in [5, 5.41) is 0. The highest BCUT2D eigenvalue weighted by molar-refractivity contribution is 6.09. The number of hydrogen-bond donors (Lipinski definition) is 1. The van der Waals surface area contributed by atoms with E-state index in [1.54, 1.807) is 0 Å². The summed E-state index contributed by atoms with van der Waals surface area (Å²) in [6.07, 6.45) is 0. The Balaban J connectivity index is 0.000000347. The lowest BCUT2D eigenvalue weighted by atomic mass is 9.99. The summed E-state index contributed by atoms with van der Waals surface area (Å²) < 4.78 is 0. The number of carbonyl (C=O) groups is 2. The predicted molar refractivity (Wildman–Crippen MR) is 80.8 cm³/mol. The maximum Gasteiger partial charge on any atom is 0.193 e. The van der Waals surface area contributed by atoms with Gasteiger partial charge in [-0.25, -0.2) is 0 Å². The molecule has 0 saturated carbocycles. The third-order valence-corrected chi connectivity index (χ3v) is 2.71. The molecule has 3 heteroatoms. The van der Waals surface area contributed by atoms with Gasteiger partial charge < -0.3 is 5.73 Å². The molecule has 0 unspecified atom stereocenters. The van der Waals surface area contributed by atoms with Crippen LogP contribution in [0.2, 0.25) is 0 Å². The van der Waals surface area contributed by atoms with Crippen molar-refractivity contribution in [3.05, 3.63) is 71.3 Å². The van der Waals surface area contributed by atoms with E-state index in [4.69, 9.17) is 5.73 Å². The first-order valence-electron chi connectivity index (χ1n) is 6.41. The standard InChI is InChI=1S/C14H12O.C3H7NO/c1-11-7-5-6-10-13(11)14(15)12-8-3-2-4-9-12;1-3(5)2-4/h2-10H,1H3;2,4H2,1H3. The SMILES string of the molecule is CC(=O)CN.Cc1ccccc1C(=O)c1ccccc1. The van der Waals surface area contributed by atoms with Gasteiger partial charge in [0, 0.05) is 11.1 Å². The lowest BCUT2D eigenvalue weighted by molar-refractivity contribution is -0.115. The molecule has 20 heavy (non-hydrogen) atoms. The number of aryl methyl sites for hydroxylation is 1. The van der Waals surface area contributed by atoms with Gasteiger partial charge in [0.15, 0.2) is 5.78 Å². The van der Waals surface area contributed by atoms with Crippen LogP contribution in [0.1, 0.15) is 28.4 Å². The first kappa shape index (κ1) is 15.8. The monoisotopic (exact) mass is 269 g/mol. The summed E-state index contributed by atoms with van der Waals surface area (Å²) in [6.45, 7) is 3.58. The second kappa shape index (κ2) is 8.02. The zero-order valence-electron chi connectivity index (χ0n) is 11.8. The summed E-state index contributed by atoms with van der Waals surface area (Å²) in [6, 6.07) is 17.0. The smallest absolute Gasteiger partial charge is 0.193 e. The molecule has 0 spiro atoms. The van der Waals surface area contributed by atoms with Crippen molar-refractivity contribution in [3.8, 4) is 0 Å². The number of Topliss-reactive ketones (excluding diaryl/α,β-unsaturated/α-hetero) is 1. The van der Waals surface area contributed by atoms with Crippen molar-refractivity contribution in [3.63, 3.8) is 0 Å². The van der Waals surface area contributed by atoms with Gasteiger partial charge in [0.1, 0.15) is 5.78 Å². The lowest BCUT2D eigenvalue weighted by Gasteiger charge is -2.03. The van der Waals surface area contributed by atoms with Crippen molar-refractivity contribution in [2.75, 3.05) is 6.54 Å². The van der Waals surface area contributed by atoms with E-state index in [1.807, 2.05) is 61.5 Å². The van der Waals surface area contributed by atoms with Gasteiger partial charge in [-0.15, -0.1) is 0 Å². The summed E-state index contributed by atoms with van der Waals surface area (Å²) in [5.74, 6) is 0.124. The fourth-order valence-corrected chi connectivity index (χ4v) is 1.57. The Kier molecular flexibility index (Phi) is 6.33.